The van der Waals surface area contributed by atoms with Crippen molar-refractivity contribution in [2.75, 3.05) is 21.5 Å². The van der Waals surface area contributed by atoms with Crippen LogP contribution in [-0.2, 0) is 20.2 Å². The highest BCUT2D eigenvalue weighted by atomic mass is 32.2. The first-order valence-electron chi connectivity index (χ1n) is 15.0. The zero-order valence-corrected chi connectivity index (χ0v) is 28.3. The second-order valence-electron chi connectivity index (χ2n) is 11.2. The van der Waals surface area contributed by atoms with Crippen LogP contribution in [0.5, 0.6) is 0 Å². The molecule has 4 aromatic carbocycles. The van der Waals surface area contributed by atoms with Crippen LogP contribution in [-0.4, -0.2) is 66.0 Å². The molecule has 19 heteroatoms. The molecule has 0 saturated heterocycles. The number of aromatic carboxylic acids is 1. The smallest absolute Gasteiger partial charge is 0.335 e. The molecule has 0 bridgehead atoms. The number of carbonyl (C=O) groups is 4. The van der Waals surface area contributed by atoms with Crippen molar-refractivity contribution < 1.29 is 50.2 Å². The number of fused-ring (bicyclic) bond motifs is 2. The maximum Gasteiger partial charge on any atom is 0.335 e. The van der Waals surface area contributed by atoms with Gasteiger partial charge in [0, 0.05) is 22.5 Å². The minimum Gasteiger partial charge on any atom is -0.478 e. The van der Waals surface area contributed by atoms with Crippen molar-refractivity contribution in [1.82, 2.24) is 0 Å². The van der Waals surface area contributed by atoms with Gasteiger partial charge >= 0.3 is 12.0 Å². The summed E-state index contributed by atoms with van der Waals surface area (Å²) in [5.41, 5.74) is 4.47. The third kappa shape index (κ3) is 7.92. The zero-order chi connectivity index (χ0) is 38.1. The van der Waals surface area contributed by atoms with E-state index in [4.69, 9.17) is 0 Å². The van der Waals surface area contributed by atoms with Crippen LogP contribution in [0.2, 0.25) is 0 Å². The van der Waals surface area contributed by atoms with Crippen molar-refractivity contribution in [2.24, 2.45) is 10.2 Å². The van der Waals surface area contributed by atoms with Gasteiger partial charge in [-0.05, 0) is 90.0 Å². The van der Waals surface area contributed by atoms with E-state index in [2.05, 4.69) is 31.7 Å². The molecule has 0 atom stereocenters. The summed E-state index contributed by atoms with van der Waals surface area (Å²) < 4.78 is 68.7. The summed E-state index contributed by atoms with van der Waals surface area (Å²) in [6.07, 6.45) is 2.00. The quantitative estimate of drug-likeness (QED) is 0.0893. The van der Waals surface area contributed by atoms with Gasteiger partial charge in [-0.2, -0.15) is 27.0 Å². The fourth-order valence-corrected chi connectivity index (χ4v) is 6.52. The van der Waals surface area contributed by atoms with Crippen molar-refractivity contribution in [2.45, 2.75) is 0 Å². The number of nitrogens with zero attached hydrogens (tertiary/aromatic N) is 2. The number of ketones is 2. The van der Waals surface area contributed by atoms with E-state index >= 15 is 0 Å². The minimum atomic E-state index is -5.01. The first-order valence-corrected chi connectivity index (χ1v) is 17.9. The third-order valence-corrected chi connectivity index (χ3v) is 9.35. The van der Waals surface area contributed by atoms with E-state index in [0.717, 1.165) is 12.2 Å². The van der Waals surface area contributed by atoms with Crippen LogP contribution in [0.25, 0.3) is 12.2 Å². The first kappa shape index (κ1) is 36.0. The molecule has 7 N–H and O–H groups in total. The number of carbonyl (C=O) groups excluding carboxylic acids is 3. The Labute approximate surface area is 299 Å². The summed E-state index contributed by atoms with van der Waals surface area (Å²) in [6.45, 7) is 0. The molecule has 0 radical (unpaired) electrons. The van der Waals surface area contributed by atoms with Gasteiger partial charge in [-0.1, -0.05) is 24.3 Å². The SMILES string of the molecule is O=C(Nc1ccc2c(c1)C=C(S(=O)(=O)O)/C(=N/Nc1ccccc1)C2=O)Nc1ccc2c(c1)C=C(S(=O)(=O)O)/C(=N/Nc1cccc(C(=O)O)c1)C2=O. The number of hydrogen-bond donors (Lipinski definition) is 7. The first-order chi connectivity index (χ1) is 25.1. The zero-order valence-electron chi connectivity index (χ0n) is 26.6. The van der Waals surface area contributed by atoms with E-state index < -0.39 is 65.0 Å². The summed E-state index contributed by atoms with van der Waals surface area (Å²) >= 11 is 0. The van der Waals surface area contributed by atoms with Crippen LogP contribution in [0, 0.1) is 0 Å². The summed E-state index contributed by atoms with van der Waals surface area (Å²) in [7, 11) is -9.94. The Morgan fingerprint density at radius 1 is 0.566 bits per heavy atom. The second kappa shape index (κ2) is 14.1. The lowest BCUT2D eigenvalue weighted by Gasteiger charge is -2.18. The average molecular weight is 757 g/mol. The number of amides is 2. The predicted molar refractivity (Wildman–Crippen MR) is 195 cm³/mol. The highest BCUT2D eigenvalue weighted by Crippen LogP contribution is 2.30. The Hall–Kier alpha value is -6.80. The number of carboxylic acid groups (broad SMARTS) is 1. The maximum atomic E-state index is 13.3. The van der Waals surface area contributed by atoms with Crippen LogP contribution < -0.4 is 21.5 Å². The Morgan fingerprint density at radius 2 is 1.04 bits per heavy atom. The molecule has 17 nitrogen and oxygen atoms in total. The standard InChI is InChI=1S/C34H24N6O11S2/c41-31-25-11-9-22(14-19(25)16-27(52(46,47)48)29(31)39-37-21-6-2-1-3-7-21)35-34(45)36-23-10-12-26-20(15-23)17-28(53(49,50)51)30(32(26)42)40-38-24-8-4-5-18(13-24)33(43)44/h1-17,37-38H,(H,43,44)(H2,35,36,45)(H,46,47,48)(H,49,50,51)/b39-29-,40-30-. The number of allylic oxidation sites excluding steroid dienone is 2. The topological polar surface area (TPSA) is 270 Å². The maximum absolute atomic E-state index is 13.3. The molecule has 0 unspecified atom stereocenters. The second-order valence-corrected chi connectivity index (χ2v) is 14.0. The van der Waals surface area contributed by atoms with E-state index in [9.17, 15) is 50.2 Å². The Kier molecular flexibility index (Phi) is 9.56. The largest absolute Gasteiger partial charge is 0.478 e. The summed E-state index contributed by atoms with van der Waals surface area (Å²) in [6, 6.07) is 20.7. The molecule has 2 aliphatic rings. The normalized spacial score (nSPS) is 15.5. The van der Waals surface area contributed by atoms with Gasteiger partial charge in [0.05, 0.1) is 16.9 Å². The van der Waals surface area contributed by atoms with Crippen LogP contribution in [0.1, 0.15) is 42.2 Å². The highest BCUT2D eigenvalue weighted by molar-refractivity contribution is 7.91. The van der Waals surface area contributed by atoms with Crippen molar-refractivity contribution in [1.29, 1.82) is 0 Å². The van der Waals surface area contributed by atoms with E-state index in [0.29, 0.717) is 5.69 Å². The van der Waals surface area contributed by atoms with Gasteiger partial charge in [0.1, 0.15) is 9.81 Å². The number of nitrogens with one attached hydrogen (secondary N) is 4. The third-order valence-electron chi connectivity index (χ3n) is 7.61. The molecule has 0 heterocycles. The minimum absolute atomic E-state index is 0.00152. The highest BCUT2D eigenvalue weighted by Gasteiger charge is 2.34. The number of rotatable bonds is 9. The fraction of sp³-hybridized carbons (Fsp3) is 0. The van der Waals surface area contributed by atoms with Gasteiger partial charge in [0.2, 0.25) is 11.6 Å². The lowest BCUT2D eigenvalue weighted by atomic mass is 9.94. The number of hydrazone groups is 2. The molecular weight excluding hydrogens is 733 g/mol. The average Bonchev–Trinajstić information content (AvgIpc) is 3.10. The van der Waals surface area contributed by atoms with Crippen LogP contribution in [0.3, 0.4) is 0 Å². The summed E-state index contributed by atoms with van der Waals surface area (Å²) in [5, 5.41) is 22.0. The summed E-state index contributed by atoms with van der Waals surface area (Å²) in [4.78, 5) is 49.2. The molecule has 0 fully saturated rings. The number of hydrogen-bond acceptors (Lipinski definition) is 12. The van der Waals surface area contributed by atoms with Crippen molar-refractivity contribution >= 4 is 90.1 Å². The van der Waals surface area contributed by atoms with E-state index in [1.54, 1.807) is 30.3 Å². The summed E-state index contributed by atoms with van der Waals surface area (Å²) in [5.74, 6) is -2.95. The van der Waals surface area contributed by atoms with Crippen LogP contribution >= 0.6 is 0 Å². The molecule has 6 rings (SSSR count). The molecule has 0 aliphatic heterocycles. The molecule has 0 spiro atoms. The van der Waals surface area contributed by atoms with Gasteiger partial charge in [-0.3, -0.25) is 29.5 Å². The molecule has 53 heavy (non-hydrogen) atoms. The molecule has 0 saturated carbocycles. The fourth-order valence-electron chi connectivity index (χ4n) is 5.21. The Balaban J connectivity index is 1.22. The molecule has 2 amide bonds. The van der Waals surface area contributed by atoms with Crippen LogP contribution in [0.4, 0.5) is 27.5 Å². The number of benzene rings is 4. The van der Waals surface area contributed by atoms with E-state index in [-0.39, 0.29) is 44.9 Å². The monoisotopic (exact) mass is 756 g/mol. The van der Waals surface area contributed by atoms with Gasteiger partial charge in [-0.15, -0.1) is 0 Å². The van der Waals surface area contributed by atoms with Crippen molar-refractivity contribution in [3.63, 3.8) is 0 Å². The van der Waals surface area contributed by atoms with Crippen LogP contribution in [0.15, 0.2) is 111 Å². The van der Waals surface area contributed by atoms with Crippen molar-refractivity contribution in [3.05, 3.63) is 129 Å². The van der Waals surface area contributed by atoms with Gasteiger partial charge in [0.25, 0.3) is 20.2 Å². The Morgan fingerprint density at radius 3 is 1.51 bits per heavy atom. The van der Waals surface area contributed by atoms with Crippen molar-refractivity contribution in [3.8, 4) is 0 Å². The molecule has 0 aromatic heterocycles. The van der Waals surface area contributed by atoms with Gasteiger partial charge in [-0.25, -0.2) is 9.59 Å². The predicted octanol–water partition coefficient (Wildman–Crippen LogP) is 4.82. The molecule has 268 valence electrons. The molecular formula is C34H24N6O11S2. The van der Waals surface area contributed by atoms with E-state index in [1.807, 2.05) is 0 Å². The molecule has 4 aromatic rings. The number of para-hydroxylation sites is 1. The Bertz CT molecular complexity index is 2600. The lowest BCUT2D eigenvalue weighted by molar-refractivity contribution is 0.0696. The number of Topliss-reactive ketones (excluding diaryl/α,β-unsaturated/α-hetero) is 2. The number of anilines is 4. The van der Waals surface area contributed by atoms with Gasteiger partial charge < -0.3 is 15.7 Å². The molecule has 2 aliphatic carbocycles. The van der Waals surface area contributed by atoms with E-state index in [1.165, 1.54) is 60.7 Å². The number of carboxylic acids is 1. The van der Waals surface area contributed by atoms with Gasteiger partial charge in [0.15, 0.2) is 11.4 Å². The lowest BCUT2D eigenvalue weighted by Crippen LogP contribution is -2.27. The number of urea groups is 1.